The second kappa shape index (κ2) is 6.84. The molecule has 114 valence electrons. The van der Waals surface area contributed by atoms with Gasteiger partial charge < -0.3 is 10.6 Å². The molecule has 3 rings (SSSR count). The van der Waals surface area contributed by atoms with Crippen molar-refractivity contribution in [3.05, 3.63) is 70.7 Å². The molecule has 0 radical (unpaired) electrons. The lowest BCUT2D eigenvalue weighted by Crippen LogP contribution is -2.38. The fourth-order valence-corrected chi connectivity index (χ4v) is 2.67. The number of carbonyl (C=O) groups is 1. The first-order chi connectivity index (χ1) is 10.7. The molecular formula is C18H19ClN2O. The van der Waals surface area contributed by atoms with Crippen LogP contribution >= 0.6 is 11.6 Å². The van der Waals surface area contributed by atoms with Crippen LogP contribution in [-0.4, -0.2) is 6.03 Å². The van der Waals surface area contributed by atoms with Gasteiger partial charge in [0.1, 0.15) is 0 Å². The highest BCUT2D eigenvalue weighted by atomic mass is 35.5. The number of carbonyl (C=O) groups excluding carboxylic acids is 1. The summed E-state index contributed by atoms with van der Waals surface area (Å²) in [6, 6.07) is 17.6. The molecule has 1 fully saturated rings. The van der Waals surface area contributed by atoms with E-state index in [-0.39, 0.29) is 12.1 Å². The summed E-state index contributed by atoms with van der Waals surface area (Å²) in [5.74, 6) is 0.531. The maximum Gasteiger partial charge on any atom is 0.315 e. The first-order valence-electron chi connectivity index (χ1n) is 7.56. The van der Waals surface area contributed by atoms with E-state index in [0.717, 1.165) is 24.0 Å². The Morgan fingerprint density at radius 1 is 1.09 bits per heavy atom. The van der Waals surface area contributed by atoms with Crippen molar-refractivity contribution in [2.24, 2.45) is 5.92 Å². The van der Waals surface area contributed by atoms with Gasteiger partial charge in [0.15, 0.2) is 0 Å². The molecule has 0 bridgehead atoms. The number of benzene rings is 2. The predicted molar refractivity (Wildman–Crippen MR) is 88.7 cm³/mol. The van der Waals surface area contributed by atoms with E-state index in [4.69, 9.17) is 11.6 Å². The minimum absolute atomic E-state index is 0.0630. The van der Waals surface area contributed by atoms with Crippen molar-refractivity contribution < 1.29 is 4.79 Å². The minimum atomic E-state index is -0.129. The van der Waals surface area contributed by atoms with Gasteiger partial charge in [0.2, 0.25) is 0 Å². The first-order valence-corrected chi connectivity index (χ1v) is 7.94. The van der Waals surface area contributed by atoms with Crippen LogP contribution in [0.3, 0.4) is 0 Å². The quantitative estimate of drug-likeness (QED) is 0.849. The second-order valence-corrected chi connectivity index (χ2v) is 6.12. The molecule has 2 N–H and O–H groups in total. The number of hydrogen-bond donors (Lipinski definition) is 2. The molecule has 2 aromatic carbocycles. The van der Waals surface area contributed by atoms with Crippen molar-refractivity contribution in [3.8, 4) is 0 Å². The fourth-order valence-electron chi connectivity index (χ4n) is 2.54. The Labute approximate surface area is 135 Å². The summed E-state index contributed by atoms with van der Waals surface area (Å²) in [5, 5.41) is 6.72. The van der Waals surface area contributed by atoms with Gasteiger partial charge in [0.25, 0.3) is 0 Å². The predicted octanol–water partition coefficient (Wildman–Crippen LogP) is 4.29. The molecule has 1 aliphatic rings. The van der Waals surface area contributed by atoms with E-state index in [1.54, 1.807) is 0 Å². The molecule has 0 aromatic heterocycles. The lowest BCUT2D eigenvalue weighted by molar-refractivity contribution is 0.235. The van der Waals surface area contributed by atoms with Crippen LogP contribution in [-0.2, 0) is 6.54 Å². The molecule has 2 aromatic rings. The molecule has 1 aliphatic carbocycles. The molecule has 4 heteroatoms. The van der Waals surface area contributed by atoms with Gasteiger partial charge in [-0.15, -0.1) is 0 Å². The SMILES string of the molecule is O=C(NCc1ccccc1)N[C@H](c1ccc(Cl)cc1)C1CC1. The Bertz CT molecular complexity index is 623. The maximum atomic E-state index is 12.2. The van der Waals surface area contributed by atoms with Crippen LogP contribution in [0.4, 0.5) is 4.79 Å². The summed E-state index contributed by atoms with van der Waals surface area (Å²) >= 11 is 5.94. The Balaban J connectivity index is 1.59. The summed E-state index contributed by atoms with van der Waals surface area (Å²) in [6.07, 6.45) is 2.32. The highest BCUT2D eigenvalue weighted by molar-refractivity contribution is 6.30. The lowest BCUT2D eigenvalue weighted by Gasteiger charge is -2.19. The van der Waals surface area contributed by atoms with Gasteiger partial charge in [-0.3, -0.25) is 0 Å². The zero-order chi connectivity index (χ0) is 15.4. The van der Waals surface area contributed by atoms with E-state index < -0.39 is 0 Å². The summed E-state index contributed by atoms with van der Waals surface area (Å²) in [7, 11) is 0. The Hall–Kier alpha value is -2.00. The number of amides is 2. The third-order valence-electron chi connectivity index (χ3n) is 3.91. The van der Waals surface area contributed by atoms with Crippen LogP contribution in [0.15, 0.2) is 54.6 Å². The van der Waals surface area contributed by atoms with Gasteiger partial charge >= 0.3 is 6.03 Å². The number of nitrogens with one attached hydrogen (secondary N) is 2. The van der Waals surface area contributed by atoms with Gasteiger partial charge in [-0.05, 0) is 42.0 Å². The third kappa shape index (κ3) is 4.01. The number of rotatable bonds is 5. The van der Waals surface area contributed by atoms with Crippen molar-refractivity contribution in [2.45, 2.75) is 25.4 Å². The lowest BCUT2D eigenvalue weighted by atomic mass is 10.0. The molecule has 22 heavy (non-hydrogen) atoms. The standard InChI is InChI=1S/C18H19ClN2O/c19-16-10-8-15(9-11-16)17(14-6-7-14)21-18(22)20-12-13-4-2-1-3-5-13/h1-5,8-11,14,17H,6-7,12H2,(H2,20,21,22)/t17-/m0/s1. The average Bonchev–Trinajstić information content (AvgIpc) is 3.37. The van der Waals surface area contributed by atoms with E-state index in [0.29, 0.717) is 17.5 Å². The van der Waals surface area contributed by atoms with Gasteiger partial charge in [-0.2, -0.15) is 0 Å². The largest absolute Gasteiger partial charge is 0.334 e. The Morgan fingerprint density at radius 2 is 1.77 bits per heavy atom. The van der Waals surface area contributed by atoms with E-state index in [1.165, 1.54) is 0 Å². The topological polar surface area (TPSA) is 41.1 Å². The molecule has 0 saturated heterocycles. The zero-order valence-corrected chi connectivity index (χ0v) is 13.0. The summed E-state index contributed by atoms with van der Waals surface area (Å²) in [4.78, 5) is 12.2. The number of hydrogen-bond acceptors (Lipinski definition) is 1. The molecule has 2 amide bonds. The molecule has 1 atom stereocenters. The van der Waals surface area contributed by atoms with Crippen molar-refractivity contribution in [3.63, 3.8) is 0 Å². The van der Waals surface area contributed by atoms with Gasteiger partial charge in [0.05, 0.1) is 6.04 Å². The average molecular weight is 315 g/mol. The van der Waals surface area contributed by atoms with Crippen LogP contribution in [0.2, 0.25) is 5.02 Å². The van der Waals surface area contributed by atoms with Crippen molar-refractivity contribution in [2.75, 3.05) is 0 Å². The molecule has 3 nitrogen and oxygen atoms in total. The molecule has 1 saturated carbocycles. The maximum absolute atomic E-state index is 12.2. The molecule has 0 spiro atoms. The van der Waals surface area contributed by atoms with Crippen LogP contribution < -0.4 is 10.6 Å². The summed E-state index contributed by atoms with van der Waals surface area (Å²) < 4.78 is 0. The highest BCUT2D eigenvalue weighted by Gasteiger charge is 2.33. The minimum Gasteiger partial charge on any atom is -0.334 e. The van der Waals surface area contributed by atoms with E-state index in [9.17, 15) is 4.79 Å². The molecule has 0 heterocycles. The summed E-state index contributed by atoms with van der Waals surface area (Å²) in [6.45, 7) is 0.532. The van der Waals surface area contributed by atoms with Crippen LogP contribution in [0, 0.1) is 5.92 Å². The second-order valence-electron chi connectivity index (χ2n) is 5.68. The van der Waals surface area contributed by atoms with Crippen molar-refractivity contribution >= 4 is 17.6 Å². The van der Waals surface area contributed by atoms with Gasteiger partial charge in [-0.1, -0.05) is 54.1 Å². The monoisotopic (exact) mass is 314 g/mol. The Kier molecular flexibility index (Phi) is 4.64. The Morgan fingerprint density at radius 3 is 2.41 bits per heavy atom. The van der Waals surface area contributed by atoms with Crippen LogP contribution in [0.25, 0.3) is 0 Å². The third-order valence-corrected chi connectivity index (χ3v) is 4.16. The number of halogens is 1. The summed E-state index contributed by atoms with van der Waals surface area (Å²) in [5.41, 5.74) is 2.20. The van der Waals surface area contributed by atoms with Gasteiger partial charge in [0, 0.05) is 11.6 Å². The smallest absolute Gasteiger partial charge is 0.315 e. The highest BCUT2D eigenvalue weighted by Crippen LogP contribution is 2.41. The van der Waals surface area contributed by atoms with E-state index >= 15 is 0 Å². The first kappa shape index (κ1) is 14.9. The van der Waals surface area contributed by atoms with Crippen LogP contribution in [0.1, 0.15) is 30.0 Å². The molecule has 0 aliphatic heterocycles. The van der Waals surface area contributed by atoms with Crippen molar-refractivity contribution in [1.82, 2.24) is 10.6 Å². The normalized spacial score (nSPS) is 15.1. The zero-order valence-electron chi connectivity index (χ0n) is 12.3. The van der Waals surface area contributed by atoms with E-state index in [2.05, 4.69) is 10.6 Å². The van der Waals surface area contributed by atoms with Crippen LogP contribution in [0.5, 0.6) is 0 Å². The molecular weight excluding hydrogens is 296 g/mol. The van der Waals surface area contributed by atoms with Crippen molar-refractivity contribution in [1.29, 1.82) is 0 Å². The van der Waals surface area contributed by atoms with Gasteiger partial charge in [-0.25, -0.2) is 4.79 Å². The molecule has 0 unspecified atom stereocenters. The number of urea groups is 1. The fraction of sp³-hybridized carbons (Fsp3) is 0.278. The van der Waals surface area contributed by atoms with E-state index in [1.807, 2.05) is 54.6 Å².